The molecule has 1 aliphatic rings. The molecule has 3 rings (SSSR count). The molecule has 1 aliphatic heterocycles. The minimum Gasteiger partial charge on any atom is -0.357 e. The number of pyridine rings is 1. The highest BCUT2D eigenvalue weighted by Gasteiger charge is 2.12. The summed E-state index contributed by atoms with van der Waals surface area (Å²) < 4.78 is 4.17. The van der Waals surface area contributed by atoms with Crippen LogP contribution in [0.5, 0.6) is 0 Å². The van der Waals surface area contributed by atoms with Gasteiger partial charge in [-0.2, -0.15) is 4.37 Å². The van der Waals surface area contributed by atoms with Gasteiger partial charge in [0.25, 0.3) is 0 Å². The van der Waals surface area contributed by atoms with Crippen molar-refractivity contribution in [1.29, 1.82) is 0 Å². The molecule has 20 heavy (non-hydrogen) atoms. The molecule has 1 fully saturated rings. The molecule has 0 aromatic carbocycles. The van der Waals surface area contributed by atoms with E-state index >= 15 is 0 Å². The number of aromatic nitrogens is 3. The summed E-state index contributed by atoms with van der Waals surface area (Å²) in [4.78, 5) is 11.2. The van der Waals surface area contributed by atoms with Gasteiger partial charge in [-0.05, 0) is 43.9 Å². The highest BCUT2D eigenvalue weighted by atomic mass is 32.1. The second kappa shape index (κ2) is 6.17. The predicted molar refractivity (Wildman–Crippen MR) is 82.3 cm³/mol. The van der Waals surface area contributed by atoms with Gasteiger partial charge in [-0.15, -0.1) is 0 Å². The summed E-state index contributed by atoms with van der Waals surface area (Å²) in [6.07, 6.45) is 5.78. The van der Waals surface area contributed by atoms with E-state index in [-0.39, 0.29) is 0 Å². The van der Waals surface area contributed by atoms with E-state index in [4.69, 9.17) is 0 Å². The molecule has 2 aromatic rings. The Bertz CT molecular complexity index is 562. The van der Waals surface area contributed by atoms with Crippen molar-refractivity contribution >= 4 is 22.5 Å². The van der Waals surface area contributed by atoms with E-state index in [1.165, 1.54) is 36.4 Å². The number of hydrogen-bond donors (Lipinski definition) is 1. The summed E-state index contributed by atoms with van der Waals surface area (Å²) >= 11 is 1.40. The molecule has 5 nitrogen and oxygen atoms in total. The van der Waals surface area contributed by atoms with Gasteiger partial charge in [0, 0.05) is 37.4 Å². The van der Waals surface area contributed by atoms with E-state index in [1.807, 2.05) is 19.2 Å². The van der Waals surface area contributed by atoms with Crippen LogP contribution in [0.15, 0.2) is 18.3 Å². The number of nitrogens with one attached hydrogen (secondary N) is 1. The lowest BCUT2D eigenvalue weighted by Crippen LogP contribution is -2.30. The Kier molecular flexibility index (Phi) is 4.11. The third-order valence-corrected chi connectivity index (χ3v) is 4.23. The molecule has 1 N–H and O–H groups in total. The third kappa shape index (κ3) is 3.25. The predicted octanol–water partition coefficient (Wildman–Crippen LogP) is 2.84. The SMILES string of the molecule is Cc1nsc(NCc2ccnc(N3CCCCC3)c2)n1. The molecule has 3 heterocycles. The third-order valence-electron chi connectivity index (χ3n) is 3.46. The monoisotopic (exact) mass is 289 g/mol. The quantitative estimate of drug-likeness (QED) is 0.938. The van der Waals surface area contributed by atoms with Gasteiger partial charge >= 0.3 is 0 Å². The number of rotatable bonds is 4. The zero-order chi connectivity index (χ0) is 13.8. The zero-order valence-corrected chi connectivity index (χ0v) is 12.5. The van der Waals surface area contributed by atoms with Gasteiger partial charge < -0.3 is 10.2 Å². The average molecular weight is 289 g/mol. The van der Waals surface area contributed by atoms with E-state index in [9.17, 15) is 0 Å². The number of piperidine rings is 1. The van der Waals surface area contributed by atoms with Crippen LogP contribution in [-0.4, -0.2) is 27.4 Å². The highest BCUT2D eigenvalue weighted by Crippen LogP contribution is 2.19. The van der Waals surface area contributed by atoms with E-state index < -0.39 is 0 Å². The maximum atomic E-state index is 4.49. The lowest BCUT2D eigenvalue weighted by Gasteiger charge is -2.27. The first kappa shape index (κ1) is 13.3. The Labute approximate surface area is 123 Å². The van der Waals surface area contributed by atoms with Crippen LogP contribution in [0.1, 0.15) is 30.7 Å². The Hall–Kier alpha value is -1.69. The molecule has 106 valence electrons. The van der Waals surface area contributed by atoms with Crippen LogP contribution in [0.4, 0.5) is 10.9 Å². The van der Waals surface area contributed by atoms with E-state index in [1.54, 1.807) is 0 Å². The van der Waals surface area contributed by atoms with Gasteiger partial charge in [-0.1, -0.05) is 0 Å². The maximum Gasteiger partial charge on any atom is 0.202 e. The highest BCUT2D eigenvalue weighted by molar-refractivity contribution is 7.09. The Morgan fingerprint density at radius 3 is 2.90 bits per heavy atom. The first-order valence-electron chi connectivity index (χ1n) is 7.05. The molecule has 0 amide bonds. The molecule has 0 spiro atoms. The molecule has 1 saturated heterocycles. The minimum atomic E-state index is 0.762. The summed E-state index contributed by atoms with van der Waals surface area (Å²) in [5.74, 6) is 1.92. The van der Waals surface area contributed by atoms with Crippen LogP contribution in [0, 0.1) is 6.92 Å². The van der Waals surface area contributed by atoms with E-state index in [2.05, 4.69) is 30.6 Å². The molecule has 0 saturated carbocycles. The van der Waals surface area contributed by atoms with Crippen molar-refractivity contribution in [1.82, 2.24) is 14.3 Å². The van der Waals surface area contributed by atoms with Crippen molar-refractivity contribution in [2.24, 2.45) is 0 Å². The molecule has 6 heteroatoms. The Morgan fingerprint density at radius 1 is 1.30 bits per heavy atom. The molecule has 0 bridgehead atoms. The van der Waals surface area contributed by atoms with Crippen molar-refractivity contribution in [2.45, 2.75) is 32.7 Å². The van der Waals surface area contributed by atoms with Crippen LogP contribution < -0.4 is 10.2 Å². The van der Waals surface area contributed by atoms with Crippen molar-refractivity contribution in [2.75, 3.05) is 23.3 Å². The molecule has 0 atom stereocenters. The molecular formula is C14H19N5S. The second-order valence-corrected chi connectivity index (χ2v) is 5.82. The van der Waals surface area contributed by atoms with Crippen LogP contribution in [0.25, 0.3) is 0 Å². The summed E-state index contributed by atoms with van der Waals surface area (Å²) in [6, 6.07) is 4.22. The minimum absolute atomic E-state index is 0.762. The van der Waals surface area contributed by atoms with Gasteiger partial charge in [-0.25, -0.2) is 9.97 Å². The summed E-state index contributed by atoms with van der Waals surface area (Å²) in [5, 5.41) is 4.18. The van der Waals surface area contributed by atoms with Crippen molar-refractivity contribution in [3.63, 3.8) is 0 Å². The molecule has 0 aliphatic carbocycles. The largest absolute Gasteiger partial charge is 0.357 e. The smallest absolute Gasteiger partial charge is 0.202 e. The summed E-state index contributed by atoms with van der Waals surface area (Å²) in [5.41, 5.74) is 1.23. The van der Waals surface area contributed by atoms with Crippen molar-refractivity contribution < 1.29 is 0 Å². The molecule has 0 radical (unpaired) electrons. The fourth-order valence-corrected chi connectivity index (χ4v) is 2.98. The average Bonchev–Trinajstić information content (AvgIpc) is 2.92. The lowest BCUT2D eigenvalue weighted by molar-refractivity contribution is 0.573. The Balaban J connectivity index is 1.64. The van der Waals surface area contributed by atoms with Crippen LogP contribution in [0.3, 0.4) is 0 Å². The summed E-state index contributed by atoms with van der Waals surface area (Å²) in [6.45, 7) is 4.92. The number of nitrogens with zero attached hydrogens (tertiary/aromatic N) is 4. The second-order valence-electron chi connectivity index (χ2n) is 5.07. The standard InChI is InChI=1S/C14H19N5S/c1-11-17-14(20-18-11)16-10-12-5-6-15-13(9-12)19-7-3-2-4-8-19/h5-6,9H,2-4,7-8,10H2,1H3,(H,16,17,18). The van der Waals surface area contributed by atoms with E-state index in [0.717, 1.165) is 36.4 Å². The van der Waals surface area contributed by atoms with Gasteiger partial charge in [0.1, 0.15) is 11.6 Å². The molecular weight excluding hydrogens is 270 g/mol. The topological polar surface area (TPSA) is 53.9 Å². The fraction of sp³-hybridized carbons (Fsp3) is 0.500. The first-order chi connectivity index (χ1) is 9.81. The molecule has 0 unspecified atom stereocenters. The van der Waals surface area contributed by atoms with Crippen LogP contribution in [0.2, 0.25) is 0 Å². The van der Waals surface area contributed by atoms with Gasteiger partial charge in [0.15, 0.2) is 0 Å². The number of hydrogen-bond acceptors (Lipinski definition) is 6. The number of aryl methyl sites for hydroxylation is 1. The normalized spacial score (nSPS) is 15.3. The van der Waals surface area contributed by atoms with Gasteiger partial charge in [-0.3, -0.25) is 0 Å². The van der Waals surface area contributed by atoms with Gasteiger partial charge in [0.2, 0.25) is 5.13 Å². The van der Waals surface area contributed by atoms with Crippen LogP contribution in [-0.2, 0) is 6.54 Å². The fourth-order valence-electron chi connectivity index (χ4n) is 2.41. The Morgan fingerprint density at radius 2 is 2.15 bits per heavy atom. The van der Waals surface area contributed by atoms with Crippen molar-refractivity contribution in [3.8, 4) is 0 Å². The van der Waals surface area contributed by atoms with E-state index in [0.29, 0.717) is 0 Å². The lowest BCUT2D eigenvalue weighted by atomic mass is 10.1. The first-order valence-corrected chi connectivity index (χ1v) is 7.83. The molecule has 2 aromatic heterocycles. The van der Waals surface area contributed by atoms with Crippen LogP contribution >= 0.6 is 11.5 Å². The van der Waals surface area contributed by atoms with Crippen molar-refractivity contribution in [3.05, 3.63) is 29.7 Å². The maximum absolute atomic E-state index is 4.49. The number of anilines is 2. The summed E-state index contributed by atoms with van der Waals surface area (Å²) in [7, 11) is 0. The van der Waals surface area contributed by atoms with Gasteiger partial charge in [0.05, 0.1) is 0 Å². The zero-order valence-electron chi connectivity index (χ0n) is 11.7.